The summed E-state index contributed by atoms with van der Waals surface area (Å²) in [7, 11) is 0. The van der Waals surface area contributed by atoms with Gasteiger partial charge in [-0.2, -0.15) is 0 Å². The Bertz CT molecular complexity index is 739. The van der Waals surface area contributed by atoms with Crippen molar-refractivity contribution in [2.24, 2.45) is 5.92 Å². The first-order valence-electron chi connectivity index (χ1n) is 10.00. The van der Waals surface area contributed by atoms with E-state index in [1.165, 1.54) is 19.3 Å². The van der Waals surface area contributed by atoms with Crippen LogP contribution in [-0.4, -0.2) is 30.3 Å². The summed E-state index contributed by atoms with van der Waals surface area (Å²) in [5.74, 6) is 1.29. The van der Waals surface area contributed by atoms with Crippen LogP contribution in [0.4, 0.5) is 10.5 Å². The Kier molecular flexibility index (Phi) is 7.67. The first-order valence-corrected chi connectivity index (χ1v) is 10.00. The van der Waals surface area contributed by atoms with E-state index in [2.05, 4.69) is 22.5 Å². The molecule has 0 unspecified atom stereocenters. The van der Waals surface area contributed by atoms with E-state index < -0.39 is 0 Å². The number of benzene rings is 1. The van der Waals surface area contributed by atoms with Gasteiger partial charge in [0, 0.05) is 24.5 Å². The van der Waals surface area contributed by atoms with Crippen molar-refractivity contribution in [3.8, 4) is 5.75 Å². The molecule has 3 rings (SSSR count). The number of aromatic nitrogens is 1. The lowest BCUT2D eigenvalue weighted by atomic mass is 9.88. The van der Waals surface area contributed by atoms with Crippen molar-refractivity contribution in [2.75, 3.05) is 18.5 Å². The molecular formula is C22H29N3O3. The Hall–Kier alpha value is -2.60. The molecule has 0 aliphatic heterocycles. The molecule has 2 aromatic rings. The van der Waals surface area contributed by atoms with Gasteiger partial charge in [-0.25, -0.2) is 4.79 Å². The van der Waals surface area contributed by atoms with Crippen LogP contribution in [0.25, 0.3) is 0 Å². The second-order valence-corrected chi connectivity index (χ2v) is 7.19. The molecular weight excluding hydrogens is 354 g/mol. The number of ether oxygens (including phenoxy) is 2. The summed E-state index contributed by atoms with van der Waals surface area (Å²) in [6.45, 7) is 3.65. The number of carbonyl (C=O) groups excluding carboxylic acids is 1. The van der Waals surface area contributed by atoms with Crippen molar-refractivity contribution in [2.45, 2.75) is 45.3 Å². The van der Waals surface area contributed by atoms with Gasteiger partial charge in [0.15, 0.2) is 0 Å². The van der Waals surface area contributed by atoms with E-state index >= 15 is 0 Å². The third kappa shape index (κ3) is 6.53. The van der Waals surface area contributed by atoms with Crippen LogP contribution >= 0.6 is 0 Å². The fraction of sp³-hybridized carbons (Fsp3) is 0.455. The quantitative estimate of drug-likeness (QED) is 0.664. The lowest BCUT2D eigenvalue weighted by Crippen LogP contribution is -2.34. The number of carbonyl (C=O) groups is 1. The van der Waals surface area contributed by atoms with Crippen molar-refractivity contribution in [1.29, 1.82) is 0 Å². The van der Waals surface area contributed by atoms with Gasteiger partial charge in [-0.05, 0) is 43.0 Å². The Morgan fingerprint density at radius 3 is 2.89 bits per heavy atom. The predicted molar refractivity (Wildman–Crippen MR) is 109 cm³/mol. The maximum absolute atomic E-state index is 12.1. The molecule has 6 nitrogen and oxygen atoms in total. The smallest absolute Gasteiger partial charge is 0.319 e. The number of hydrogen-bond donors (Lipinski definition) is 2. The van der Waals surface area contributed by atoms with Crippen LogP contribution in [0.15, 0.2) is 48.7 Å². The van der Waals surface area contributed by atoms with Gasteiger partial charge in [0.1, 0.15) is 12.4 Å². The zero-order valence-corrected chi connectivity index (χ0v) is 16.4. The Balaban J connectivity index is 1.37. The van der Waals surface area contributed by atoms with E-state index in [0.717, 1.165) is 12.1 Å². The van der Waals surface area contributed by atoms with Gasteiger partial charge < -0.3 is 20.1 Å². The van der Waals surface area contributed by atoms with Gasteiger partial charge in [-0.3, -0.25) is 4.98 Å². The summed E-state index contributed by atoms with van der Waals surface area (Å²) in [6, 6.07) is 12.8. The fourth-order valence-corrected chi connectivity index (χ4v) is 3.38. The predicted octanol–water partition coefficient (Wildman–Crippen LogP) is 4.38. The highest BCUT2D eigenvalue weighted by Crippen LogP contribution is 2.26. The van der Waals surface area contributed by atoms with Crippen LogP contribution in [0, 0.1) is 5.92 Å². The molecule has 1 aromatic carbocycles. The maximum atomic E-state index is 12.1. The van der Waals surface area contributed by atoms with Gasteiger partial charge in [0.25, 0.3) is 0 Å². The Labute approximate surface area is 166 Å². The van der Waals surface area contributed by atoms with Crippen LogP contribution in [0.1, 0.15) is 38.3 Å². The Morgan fingerprint density at radius 1 is 1.18 bits per heavy atom. The average Bonchev–Trinajstić information content (AvgIpc) is 2.72. The van der Waals surface area contributed by atoms with Gasteiger partial charge >= 0.3 is 6.03 Å². The average molecular weight is 383 g/mol. The first kappa shape index (κ1) is 20.1. The van der Waals surface area contributed by atoms with Crippen molar-refractivity contribution >= 4 is 11.7 Å². The second kappa shape index (κ2) is 10.7. The second-order valence-electron chi connectivity index (χ2n) is 7.19. The third-order valence-corrected chi connectivity index (χ3v) is 4.96. The highest BCUT2D eigenvalue weighted by atomic mass is 16.5. The molecule has 150 valence electrons. The molecule has 0 bridgehead atoms. The molecule has 1 aliphatic rings. The van der Waals surface area contributed by atoms with E-state index in [0.29, 0.717) is 43.2 Å². The monoisotopic (exact) mass is 383 g/mol. The first-order chi connectivity index (χ1) is 13.7. The standard InChI is InChI=1S/C22H29N3O3/c1-17-7-2-3-11-21(17)27-14-13-24-22(26)25-18-9-6-10-20(15-18)28-16-19-8-4-5-12-23-19/h4-6,8-10,12,15,17,21H,2-3,7,11,13-14,16H2,1H3,(H2,24,25,26)/t17-,21+/m1/s1. The summed E-state index contributed by atoms with van der Waals surface area (Å²) >= 11 is 0. The highest BCUT2D eigenvalue weighted by molar-refractivity contribution is 5.89. The highest BCUT2D eigenvalue weighted by Gasteiger charge is 2.21. The van der Waals surface area contributed by atoms with Crippen LogP contribution in [0.3, 0.4) is 0 Å². The van der Waals surface area contributed by atoms with Crippen LogP contribution in [0.2, 0.25) is 0 Å². The van der Waals surface area contributed by atoms with Gasteiger partial charge in [0.2, 0.25) is 0 Å². The lowest BCUT2D eigenvalue weighted by Gasteiger charge is -2.28. The van der Waals surface area contributed by atoms with Gasteiger partial charge in [-0.1, -0.05) is 31.9 Å². The lowest BCUT2D eigenvalue weighted by molar-refractivity contribution is -0.00232. The molecule has 2 atom stereocenters. The topological polar surface area (TPSA) is 72.5 Å². The Morgan fingerprint density at radius 2 is 2.07 bits per heavy atom. The molecule has 2 N–H and O–H groups in total. The molecule has 0 radical (unpaired) electrons. The van der Waals surface area contributed by atoms with Gasteiger partial charge in [0.05, 0.1) is 18.4 Å². The fourth-order valence-electron chi connectivity index (χ4n) is 3.38. The number of pyridine rings is 1. The molecule has 2 amide bonds. The van der Waals surface area contributed by atoms with Crippen LogP contribution in [0.5, 0.6) is 5.75 Å². The number of nitrogens with one attached hydrogen (secondary N) is 2. The molecule has 28 heavy (non-hydrogen) atoms. The summed E-state index contributed by atoms with van der Waals surface area (Å²) < 4.78 is 11.7. The molecule has 6 heteroatoms. The van der Waals surface area contributed by atoms with E-state index in [1.807, 2.05) is 36.4 Å². The van der Waals surface area contributed by atoms with Crippen LogP contribution in [-0.2, 0) is 11.3 Å². The number of nitrogens with zero attached hydrogens (tertiary/aromatic N) is 1. The van der Waals surface area contributed by atoms with E-state index in [9.17, 15) is 4.79 Å². The zero-order chi connectivity index (χ0) is 19.6. The van der Waals surface area contributed by atoms with Crippen molar-refractivity contribution in [3.05, 3.63) is 54.4 Å². The van der Waals surface area contributed by atoms with Crippen molar-refractivity contribution in [1.82, 2.24) is 10.3 Å². The number of hydrogen-bond acceptors (Lipinski definition) is 4. The minimum Gasteiger partial charge on any atom is -0.487 e. The number of urea groups is 1. The van der Waals surface area contributed by atoms with E-state index in [-0.39, 0.29) is 6.03 Å². The third-order valence-electron chi connectivity index (χ3n) is 4.96. The molecule has 1 fully saturated rings. The molecule has 0 saturated heterocycles. The van der Waals surface area contributed by atoms with Crippen LogP contribution < -0.4 is 15.4 Å². The maximum Gasteiger partial charge on any atom is 0.319 e. The number of amides is 2. The van der Waals surface area contributed by atoms with Crippen molar-refractivity contribution in [3.63, 3.8) is 0 Å². The minimum absolute atomic E-state index is 0.248. The van der Waals surface area contributed by atoms with E-state index in [1.54, 1.807) is 12.3 Å². The normalized spacial score (nSPS) is 19.0. The molecule has 1 aromatic heterocycles. The number of rotatable bonds is 8. The largest absolute Gasteiger partial charge is 0.487 e. The summed E-state index contributed by atoms with van der Waals surface area (Å²) in [6.07, 6.45) is 6.95. The molecule has 1 saturated carbocycles. The van der Waals surface area contributed by atoms with Crippen molar-refractivity contribution < 1.29 is 14.3 Å². The van der Waals surface area contributed by atoms with E-state index in [4.69, 9.17) is 9.47 Å². The molecule has 0 spiro atoms. The summed E-state index contributed by atoms with van der Waals surface area (Å²) in [4.78, 5) is 16.3. The number of anilines is 1. The molecule has 1 heterocycles. The minimum atomic E-state index is -0.248. The SMILES string of the molecule is C[C@@H]1CCCC[C@@H]1OCCNC(=O)Nc1cccc(OCc2ccccn2)c1. The summed E-state index contributed by atoms with van der Waals surface area (Å²) in [5.41, 5.74) is 1.53. The molecule has 1 aliphatic carbocycles. The zero-order valence-electron chi connectivity index (χ0n) is 16.4. The van der Waals surface area contributed by atoms with Gasteiger partial charge in [-0.15, -0.1) is 0 Å². The summed E-state index contributed by atoms with van der Waals surface area (Å²) in [5, 5.41) is 5.66.